The molecule has 0 radical (unpaired) electrons. The van der Waals surface area contributed by atoms with Crippen LogP contribution in [0, 0.1) is 5.92 Å². The maximum atomic E-state index is 13.6. The predicted molar refractivity (Wildman–Crippen MR) is 179 cm³/mol. The Labute approximate surface area is 281 Å². The number of carbonyl (C=O) groups excluding carboxylic acids is 2. The second-order valence-electron chi connectivity index (χ2n) is 12.0. The number of hydrogen-bond acceptors (Lipinski definition) is 9. The molecule has 2 amide bonds. The number of benzene rings is 3. The fourth-order valence-electron chi connectivity index (χ4n) is 5.11. The van der Waals surface area contributed by atoms with E-state index < -0.39 is 28.1 Å². The highest BCUT2D eigenvalue weighted by atomic mass is 32.2. The molecule has 4 rings (SSSR count). The van der Waals surface area contributed by atoms with Crippen molar-refractivity contribution in [3.8, 4) is 5.75 Å². The van der Waals surface area contributed by atoms with Gasteiger partial charge in [0.25, 0.3) is 11.8 Å². The van der Waals surface area contributed by atoms with E-state index in [1.165, 1.54) is 45.8 Å². The van der Waals surface area contributed by atoms with Gasteiger partial charge in [-0.05, 0) is 60.4 Å². The van der Waals surface area contributed by atoms with Gasteiger partial charge in [-0.1, -0.05) is 50.2 Å². The Kier molecular flexibility index (Phi) is 12.5. The summed E-state index contributed by atoms with van der Waals surface area (Å²) in [6, 6.07) is 19.7. The van der Waals surface area contributed by atoms with Crippen molar-refractivity contribution in [1.29, 1.82) is 0 Å². The summed E-state index contributed by atoms with van der Waals surface area (Å²) in [5.74, 6) is -0.704. The Bertz CT molecular complexity index is 1760. The lowest BCUT2D eigenvalue weighted by Gasteiger charge is -2.31. The highest BCUT2D eigenvalue weighted by molar-refractivity contribution is 7.89. The van der Waals surface area contributed by atoms with Crippen LogP contribution in [0.4, 0.5) is 0 Å². The Morgan fingerprint density at radius 2 is 1.67 bits per heavy atom. The lowest BCUT2D eigenvalue weighted by Crippen LogP contribution is -2.51. The molecule has 0 spiro atoms. The minimum Gasteiger partial charge on any atom is -0.508 e. The molecule has 0 saturated carbocycles. The molecule has 0 bridgehead atoms. The summed E-state index contributed by atoms with van der Waals surface area (Å²) >= 11 is 0. The van der Waals surface area contributed by atoms with Crippen LogP contribution in [-0.4, -0.2) is 84.0 Å². The first-order chi connectivity index (χ1) is 22.9. The number of ether oxygens (including phenoxy) is 1. The molecule has 0 aliphatic rings. The number of rotatable bonds is 16. The van der Waals surface area contributed by atoms with Gasteiger partial charge < -0.3 is 29.6 Å². The standard InChI is InChI=1S/C35H42N4O8S/c1-24(2)19-39(48(44,45)30-15-13-29(40)14-16-30)20-32(41)31(17-25-9-6-5-7-10-25)37-34(42)26-11-8-12-27(18-26)35(43)38(3)21-33-36-28(22-46-4)23-47-33/h5-16,18,23-24,31-32,40-41H,17,19-22H2,1-4H3,(H,37,42)/t31-,32+/m0/s1. The van der Waals surface area contributed by atoms with E-state index in [0.717, 1.165) is 5.56 Å². The van der Waals surface area contributed by atoms with Crippen LogP contribution in [0.25, 0.3) is 0 Å². The van der Waals surface area contributed by atoms with Gasteiger partial charge in [0.15, 0.2) is 0 Å². The van der Waals surface area contributed by atoms with Gasteiger partial charge in [0, 0.05) is 38.4 Å². The first-order valence-electron chi connectivity index (χ1n) is 15.5. The van der Waals surface area contributed by atoms with Gasteiger partial charge in [-0.3, -0.25) is 9.59 Å². The summed E-state index contributed by atoms with van der Waals surface area (Å²) in [5.41, 5.74) is 1.87. The molecule has 4 aromatic rings. The third-order valence-electron chi connectivity index (χ3n) is 7.50. The van der Waals surface area contributed by atoms with Crippen LogP contribution in [0.15, 0.2) is 94.4 Å². The van der Waals surface area contributed by atoms with E-state index in [1.807, 2.05) is 44.2 Å². The SMILES string of the molecule is COCc1coc(CN(C)C(=O)c2cccc(C(=O)N[C@@H](Cc3ccccc3)[C@H](O)CN(CC(C)C)S(=O)(=O)c3ccc(O)cc3)c2)n1. The molecule has 0 aliphatic heterocycles. The number of aliphatic hydroxyl groups is 1. The normalized spacial score (nSPS) is 13.0. The van der Waals surface area contributed by atoms with E-state index in [2.05, 4.69) is 10.3 Å². The van der Waals surface area contributed by atoms with E-state index >= 15 is 0 Å². The van der Waals surface area contributed by atoms with E-state index in [9.17, 15) is 28.2 Å². The summed E-state index contributed by atoms with van der Waals surface area (Å²) in [6.07, 6.45) is 0.373. The molecule has 1 heterocycles. The number of oxazole rings is 1. The van der Waals surface area contributed by atoms with Crippen molar-refractivity contribution < 1.29 is 37.4 Å². The number of aliphatic hydroxyl groups excluding tert-OH is 1. The second kappa shape index (κ2) is 16.5. The highest BCUT2D eigenvalue weighted by Crippen LogP contribution is 2.22. The number of methoxy groups -OCH3 is 1. The van der Waals surface area contributed by atoms with Gasteiger partial charge in [-0.2, -0.15) is 4.31 Å². The molecule has 12 nitrogen and oxygen atoms in total. The van der Waals surface area contributed by atoms with Gasteiger partial charge >= 0.3 is 0 Å². The molecule has 3 N–H and O–H groups in total. The van der Waals surface area contributed by atoms with Crippen molar-refractivity contribution in [1.82, 2.24) is 19.5 Å². The van der Waals surface area contributed by atoms with E-state index in [4.69, 9.17) is 9.15 Å². The zero-order chi connectivity index (χ0) is 34.8. The molecule has 48 heavy (non-hydrogen) atoms. The maximum Gasteiger partial charge on any atom is 0.254 e. The zero-order valence-corrected chi connectivity index (χ0v) is 28.3. The van der Waals surface area contributed by atoms with Crippen LogP contribution in [0.3, 0.4) is 0 Å². The molecule has 0 fully saturated rings. The summed E-state index contributed by atoms with van der Waals surface area (Å²) in [4.78, 5) is 32.6. The van der Waals surface area contributed by atoms with Crippen molar-refractivity contribution in [2.24, 2.45) is 5.92 Å². The smallest absolute Gasteiger partial charge is 0.254 e. The number of carbonyl (C=O) groups is 2. The van der Waals surface area contributed by atoms with Crippen LogP contribution < -0.4 is 5.32 Å². The predicted octanol–water partition coefficient (Wildman–Crippen LogP) is 3.85. The fraction of sp³-hybridized carbons (Fsp3) is 0.343. The fourth-order valence-corrected chi connectivity index (χ4v) is 6.73. The van der Waals surface area contributed by atoms with E-state index in [0.29, 0.717) is 11.6 Å². The topological polar surface area (TPSA) is 163 Å². The monoisotopic (exact) mass is 678 g/mol. The van der Waals surface area contributed by atoms with E-state index in [1.54, 1.807) is 32.4 Å². The average molecular weight is 679 g/mol. The first-order valence-corrected chi connectivity index (χ1v) is 16.9. The van der Waals surface area contributed by atoms with Crippen LogP contribution in [-0.2, 0) is 34.3 Å². The number of amides is 2. The lowest BCUT2D eigenvalue weighted by atomic mass is 10.00. The molecular weight excluding hydrogens is 636 g/mol. The van der Waals surface area contributed by atoms with E-state index in [-0.39, 0.29) is 66.3 Å². The third kappa shape index (κ3) is 9.73. The summed E-state index contributed by atoms with van der Waals surface area (Å²) in [5, 5.41) is 24.1. The van der Waals surface area contributed by atoms with Crippen LogP contribution in [0.5, 0.6) is 5.75 Å². The molecule has 0 aliphatic carbocycles. The molecular formula is C35H42N4O8S. The molecule has 2 atom stereocenters. The number of nitrogens with one attached hydrogen (secondary N) is 1. The molecule has 0 unspecified atom stereocenters. The zero-order valence-electron chi connectivity index (χ0n) is 27.4. The average Bonchev–Trinajstić information content (AvgIpc) is 3.50. The molecule has 1 aromatic heterocycles. The minimum absolute atomic E-state index is 0.0264. The number of phenols is 1. The molecule has 3 aromatic carbocycles. The quantitative estimate of drug-likeness (QED) is 0.160. The highest BCUT2D eigenvalue weighted by Gasteiger charge is 2.31. The van der Waals surface area contributed by atoms with Crippen LogP contribution in [0.1, 0.15) is 51.7 Å². The Balaban J connectivity index is 1.54. The molecule has 0 saturated heterocycles. The van der Waals surface area contributed by atoms with Crippen LogP contribution in [0.2, 0.25) is 0 Å². The van der Waals surface area contributed by atoms with Gasteiger partial charge in [0.2, 0.25) is 15.9 Å². The number of aromatic nitrogens is 1. The molecule has 13 heteroatoms. The lowest BCUT2D eigenvalue weighted by molar-refractivity contribution is 0.0771. The Morgan fingerprint density at radius 1 is 0.979 bits per heavy atom. The minimum atomic E-state index is -4.05. The second-order valence-corrected chi connectivity index (χ2v) is 13.9. The largest absolute Gasteiger partial charge is 0.508 e. The van der Waals surface area contributed by atoms with Crippen molar-refractivity contribution >= 4 is 21.8 Å². The van der Waals surface area contributed by atoms with Crippen LogP contribution >= 0.6 is 0 Å². The van der Waals surface area contributed by atoms with Gasteiger partial charge in [-0.15, -0.1) is 0 Å². The van der Waals surface area contributed by atoms with Crippen molar-refractivity contribution in [3.63, 3.8) is 0 Å². The van der Waals surface area contributed by atoms with Crippen molar-refractivity contribution in [2.45, 2.75) is 50.5 Å². The van der Waals surface area contributed by atoms with Gasteiger partial charge in [0.1, 0.15) is 17.7 Å². The summed E-state index contributed by atoms with van der Waals surface area (Å²) < 4.78 is 38.9. The Morgan fingerprint density at radius 3 is 2.33 bits per heavy atom. The van der Waals surface area contributed by atoms with Gasteiger partial charge in [-0.25, -0.2) is 13.4 Å². The molecule has 256 valence electrons. The Hall–Kier alpha value is -4.56. The number of sulfonamides is 1. The maximum absolute atomic E-state index is 13.6. The number of nitrogens with zero attached hydrogens (tertiary/aromatic N) is 3. The third-order valence-corrected chi connectivity index (χ3v) is 9.34. The van der Waals surface area contributed by atoms with Crippen molar-refractivity contribution in [3.05, 3.63) is 113 Å². The van der Waals surface area contributed by atoms with Gasteiger partial charge in [0.05, 0.1) is 30.2 Å². The number of hydrogen-bond donors (Lipinski definition) is 3. The summed E-state index contributed by atoms with van der Waals surface area (Å²) in [6.45, 7) is 3.93. The summed E-state index contributed by atoms with van der Waals surface area (Å²) in [7, 11) is -0.914. The first kappa shape index (κ1) is 36.3. The number of aromatic hydroxyl groups is 1. The van der Waals surface area contributed by atoms with Crippen molar-refractivity contribution in [2.75, 3.05) is 27.2 Å². The number of phenolic OH excluding ortho intramolecular Hbond substituents is 1.